The fraction of sp³-hybridized carbons (Fsp3) is 0.308. The number of benzene rings is 1. The van der Waals surface area contributed by atoms with E-state index in [0.29, 0.717) is 0 Å². The molecule has 1 amide bonds. The van der Waals surface area contributed by atoms with Crippen LogP contribution < -0.4 is 5.32 Å². The van der Waals surface area contributed by atoms with Crippen molar-refractivity contribution in [3.05, 3.63) is 39.9 Å². The van der Waals surface area contributed by atoms with Crippen LogP contribution in [0.5, 0.6) is 0 Å². The number of non-ortho nitro benzene ring substituents is 1. The summed E-state index contributed by atoms with van der Waals surface area (Å²) in [5, 5.41) is 30.6. The lowest BCUT2D eigenvalue weighted by atomic mass is 9.98. The number of carbonyl (C=O) groups excluding carboxylic acids is 1. The number of hydrogen-bond donors (Lipinski definition) is 2. The molecule has 0 aliphatic heterocycles. The molecule has 0 spiro atoms. The number of nitrogens with one attached hydrogen (secondary N) is 1. The van der Waals surface area contributed by atoms with Gasteiger partial charge in [0.1, 0.15) is 6.04 Å². The van der Waals surface area contributed by atoms with E-state index in [0.717, 1.165) is 6.07 Å². The molecule has 2 N–H and O–H groups in total. The number of hydrogen-bond acceptors (Lipinski definition) is 5. The van der Waals surface area contributed by atoms with Crippen LogP contribution in [0, 0.1) is 27.4 Å². The quantitative estimate of drug-likeness (QED) is 0.599. The fourth-order valence-corrected chi connectivity index (χ4v) is 1.69. The maximum atomic E-state index is 12.0. The molecule has 8 nitrogen and oxygen atoms in total. The van der Waals surface area contributed by atoms with Gasteiger partial charge in [-0.3, -0.25) is 14.9 Å². The summed E-state index contributed by atoms with van der Waals surface area (Å²) in [6.45, 7) is 1.52. The van der Waals surface area contributed by atoms with Gasteiger partial charge in [0.25, 0.3) is 11.6 Å². The van der Waals surface area contributed by atoms with Crippen LogP contribution in [0.2, 0.25) is 0 Å². The van der Waals surface area contributed by atoms with E-state index in [2.05, 4.69) is 5.32 Å². The van der Waals surface area contributed by atoms with Gasteiger partial charge >= 0.3 is 5.97 Å². The summed E-state index contributed by atoms with van der Waals surface area (Å²) in [5.41, 5.74) is -0.279. The van der Waals surface area contributed by atoms with Crippen LogP contribution in [-0.4, -0.2) is 27.9 Å². The molecule has 0 aliphatic rings. The second-order valence-electron chi connectivity index (χ2n) is 4.44. The first-order chi connectivity index (χ1) is 9.86. The third-order valence-electron chi connectivity index (χ3n) is 2.85. The number of nitriles is 1. The normalized spacial score (nSPS) is 12.8. The lowest BCUT2D eigenvalue weighted by molar-refractivity contribution is -0.384. The molecule has 21 heavy (non-hydrogen) atoms. The van der Waals surface area contributed by atoms with Crippen molar-refractivity contribution in [2.45, 2.75) is 19.4 Å². The van der Waals surface area contributed by atoms with Crippen molar-refractivity contribution in [2.24, 2.45) is 5.92 Å². The van der Waals surface area contributed by atoms with Crippen molar-refractivity contribution in [1.82, 2.24) is 5.32 Å². The molecule has 110 valence electrons. The molecule has 8 heteroatoms. The predicted molar refractivity (Wildman–Crippen MR) is 71.4 cm³/mol. The van der Waals surface area contributed by atoms with E-state index in [1.165, 1.54) is 25.1 Å². The molecule has 0 bridgehead atoms. The van der Waals surface area contributed by atoms with Gasteiger partial charge in [-0.25, -0.2) is 4.79 Å². The van der Waals surface area contributed by atoms with Crippen LogP contribution in [0.25, 0.3) is 0 Å². The Bertz CT molecular complexity index is 608. The van der Waals surface area contributed by atoms with Gasteiger partial charge in [-0.15, -0.1) is 0 Å². The van der Waals surface area contributed by atoms with E-state index in [-0.39, 0.29) is 17.7 Å². The Labute approximate surface area is 120 Å². The van der Waals surface area contributed by atoms with Crippen molar-refractivity contribution < 1.29 is 19.6 Å². The van der Waals surface area contributed by atoms with Crippen molar-refractivity contribution in [3.8, 4) is 6.07 Å². The van der Waals surface area contributed by atoms with Gasteiger partial charge in [0, 0.05) is 30.0 Å². The topological polar surface area (TPSA) is 133 Å². The minimum absolute atomic E-state index is 0.0143. The van der Waals surface area contributed by atoms with Crippen LogP contribution >= 0.6 is 0 Å². The van der Waals surface area contributed by atoms with Gasteiger partial charge in [0.05, 0.1) is 11.0 Å². The lowest BCUT2D eigenvalue weighted by Crippen LogP contribution is -2.45. The van der Waals surface area contributed by atoms with Gasteiger partial charge in [0.2, 0.25) is 0 Å². The zero-order valence-electron chi connectivity index (χ0n) is 11.1. The van der Waals surface area contributed by atoms with Crippen LogP contribution in [0.1, 0.15) is 23.7 Å². The van der Waals surface area contributed by atoms with Gasteiger partial charge in [0.15, 0.2) is 0 Å². The summed E-state index contributed by atoms with van der Waals surface area (Å²) in [4.78, 5) is 33.1. The van der Waals surface area contributed by atoms with Crippen LogP contribution in [0.4, 0.5) is 5.69 Å². The zero-order valence-corrected chi connectivity index (χ0v) is 11.1. The Morgan fingerprint density at radius 1 is 1.52 bits per heavy atom. The third kappa shape index (κ3) is 4.28. The van der Waals surface area contributed by atoms with Crippen molar-refractivity contribution in [1.29, 1.82) is 5.26 Å². The van der Waals surface area contributed by atoms with Gasteiger partial charge < -0.3 is 10.4 Å². The number of carboxylic acids is 1. The molecule has 1 aromatic rings. The van der Waals surface area contributed by atoms with Gasteiger partial charge in [-0.2, -0.15) is 5.26 Å². The standard InChI is InChI=1S/C13H13N3O5/c1-8(5-6-14)11(13(18)19)15-12(17)9-3-2-4-10(7-9)16(20)21/h2-4,7-8,11H,5H2,1H3,(H,15,17)(H,18,19)/t8-,11-/m1/s1. The van der Waals surface area contributed by atoms with Crippen molar-refractivity contribution in [2.75, 3.05) is 0 Å². The van der Waals surface area contributed by atoms with Crippen LogP contribution in [0.15, 0.2) is 24.3 Å². The molecule has 0 aromatic heterocycles. The number of nitro groups is 1. The molecule has 2 atom stereocenters. The third-order valence-corrected chi connectivity index (χ3v) is 2.85. The largest absolute Gasteiger partial charge is 0.480 e. The molecule has 0 unspecified atom stereocenters. The predicted octanol–water partition coefficient (Wildman–Crippen LogP) is 1.33. The maximum Gasteiger partial charge on any atom is 0.326 e. The molecule has 0 saturated heterocycles. The van der Waals surface area contributed by atoms with Gasteiger partial charge in [-0.1, -0.05) is 13.0 Å². The molecule has 0 saturated carbocycles. The molecule has 0 heterocycles. The summed E-state index contributed by atoms with van der Waals surface area (Å²) < 4.78 is 0. The molecule has 0 radical (unpaired) electrons. The average Bonchev–Trinajstić information content (AvgIpc) is 2.44. The Hall–Kier alpha value is -2.95. The van der Waals surface area contributed by atoms with E-state index in [1.54, 1.807) is 0 Å². The second-order valence-corrected chi connectivity index (χ2v) is 4.44. The monoisotopic (exact) mass is 291 g/mol. The first-order valence-electron chi connectivity index (χ1n) is 6.02. The van der Waals surface area contributed by atoms with E-state index >= 15 is 0 Å². The van der Waals surface area contributed by atoms with Crippen LogP contribution in [-0.2, 0) is 4.79 Å². The highest BCUT2D eigenvalue weighted by molar-refractivity contribution is 5.97. The zero-order chi connectivity index (χ0) is 16.0. The number of aliphatic carboxylic acids is 1. The minimum Gasteiger partial charge on any atom is -0.480 e. The summed E-state index contributed by atoms with van der Waals surface area (Å²) in [6.07, 6.45) is -0.0355. The van der Waals surface area contributed by atoms with E-state index in [4.69, 9.17) is 10.4 Å². The molecular formula is C13H13N3O5. The van der Waals surface area contributed by atoms with E-state index in [1.807, 2.05) is 6.07 Å². The Morgan fingerprint density at radius 2 is 2.19 bits per heavy atom. The summed E-state index contributed by atoms with van der Waals surface area (Å²) in [6, 6.07) is 5.56. The number of amides is 1. The number of carboxylic acid groups (broad SMARTS) is 1. The van der Waals surface area contributed by atoms with Gasteiger partial charge in [-0.05, 0) is 6.07 Å². The average molecular weight is 291 g/mol. The van der Waals surface area contributed by atoms with E-state index < -0.39 is 28.8 Å². The number of carbonyl (C=O) groups is 2. The molecule has 0 fully saturated rings. The summed E-state index contributed by atoms with van der Waals surface area (Å²) in [5.74, 6) is -2.59. The Balaban J connectivity index is 2.92. The summed E-state index contributed by atoms with van der Waals surface area (Å²) in [7, 11) is 0. The van der Waals surface area contributed by atoms with Crippen molar-refractivity contribution >= 4 is 17.6 Å². The highest BCUT2D eigenvalue weighted by Crippen LogP contribution is 2.14. The Kier molecular flexibility index (Phi) is 5.37. The molecule has 1 aromatic carbocycles. The SMILES string of the molecule is C[C@H](CC#N)[C@@H](NC(=O)c1cccc([N+](=O)[O-])c1)C(=O)O. The first kappa shape index (κ1) is 16.1. The highest BCUT2D eigenvalue weighted by Gasteiger charge is 2.27. The minimum atomic E-state index is -1.27. The Morgan fingerprint density at radius 3 is 2.71 bits per heavy atom. The lowest BCUT2D eigenvalue weighted by Gasteiger charge is -2.19. The number of rotatable bonds is 6. The maximum absolute atomic E-state index is 12.0. The first-order valence-corrected chi connectivity index (χ1v) is 6.02. The summed E-state index contributed by atoms with van der Waals surface area (Å²) >= 11 is 0. The number of nitrogens with zero attached hydrogens (tertiary/aromatic N) is 2. The molecular weight excluding hydrogens is 278 g/mol. The number of nitro benzene ring substituents is 1. The fourth-order valence-electron chi connectivity index (χ4n) is 1.69. The second kappa shape index (κ2) is 7.00. The highest BCUT2D eigenvalue weighted by atomic mass is 16.6. The molecule has 1 rings (SSSR count). The molecule has 0 aliphatic carbocycles. The van der Waals surface area contributed by atoms with E-state index in [9.17, 15) is 19.7 Å². The van der Waals surface area contributed by atoms with Crippen molar-refractivity contribution in [3.63, 3.8) is 0 Å². The smallest absolute Gasteiger partial charge is 0.326 e. The van der Waals surface area contributed by atoms with Crippen LogP contribution in [0.3, 0.4) is 0 Å².